The second-order valence-electron chi connectivity index (χ2n) is 10.1. The van der Waals surface area contributed by atoms with Crippen molar-refractivity contribution in [2.75, 3.05) is 18.4 Å². The average molecular weight is 522 g/mol. The van der Waals surface area contributed by atoms with Gasteiger partial charge in [0.1, 0.15) is 5.69 Å². The van der Waals surface area contributed by atoms with Crippen LogP contribution in [0.1, 0.15) is 57.7 Å². The van der Waals surface area contributed by atoms with Gasteiger partial charge in [0.25, 0.3) is 0 Å². The number of sulfonamides is 1. The Bertz CT molecular complexity index is 1450. The van der Waals surface area contributed by atoms with Crippen molar-refractivity contribution in [3.05, 3.63) is 75.2 Å². The van der Waals surface area contributed by atoms with Gasteiger partial charge >= 0.3 is 0 Å². The number of nitrogens with one attached hydrogen (secondary N) is 1. The molecule has 1 atom stereocenters. The van der Waals surface area contributed by atoms with Crippen LogP contribution in [-0.4, -0.2) is 36.9 Å². The van der Waals surface area contributed by atoms with Crippen molar-refractivity contribution in [3.8, 4) is 0 Å². The predicted octanol–water partition coefficient (Wildman–Crippen LogP) is 5.73. The lowest BCUT2D eigenvalue weighted by Gasteiger charge is -2.31. The first-order valence-corrected chi connectivity index (χ1v) is 14.0. The molecule has 0 spiro atoms. The molecule has 0 saturated carbocycles. The zero-order valence-corrected chi connectivity index (χ0v) is 23.2. The first-order valence-electron chi connectivity index (χ1n) is 12.6. The Morgan fingerprint density at radius 3 is 2.38 bits per heavy atom. The van der Waals surface area contributed by atoms with Crippen molar-refractivity contribution < 1.29 is 17.7 Å². The van der Waals surface area contributed by atoms with Crippen LogP contribution in [0, 0.1) is 47.5 Å². The largest absolute Gasteiger partial charge is 0.355 e. The van der Waals surface area contributed by atoms with Gasteiger partial charge in [-0.1, -0.05) is 35.0 Å². The smallest absolute Gasteiger partial charge is 0.248 e. The summed E-state index contributed by atoms with van der Waals surface area (Å²) >= 11 is 0. The molecule has 7 nitrogen and oxygen atoms in total. The van der Waals surface area contributed by atoms with Gasteiger partial charge in [-0.25, -0.2) is 8.42 Å². The number of nitrogens with zero attached hydrogens (tertiary/aromatic N) is 2. The van der Waals surface area contributed by atoms with Crippen molar-refractivity contribution in [1.82, 2.24) is 9.46 Å². The van der Waals surface area contributed by atoms with E-state index in [0.29, 0.717) is 25.1 Å². The Morgan fingerprint density at radius 2 is 1.70 bits per heavy atom. The molecule has 196 valence electrons. The van der Waals surface area contributed by atoms with E-state index in [0.717, 1.165) is 33.5 Å². The van der Waals surface area contributed by atoms with Crippen LogP contribution in [0.25, 0.3) is 12.2 Å². The number of aromatic nitrogens is 1. The molecule has 1 aliphatic rings. The molecule has 3 aromatic rings. The number of carbonyl (C=O) groups is 1. The zero-order chi connectivity index (χ0) is 26.9. The van der Waals surface area contributed by atoms with Crippen LogP contribution in [0.2, 0.25) is 0 Å². The number of amides is 1. The van der Waals surface area contributed by atoms with Gasteiger partial charge in [-0.3, -0.25) is 4.79 Å². The summed E-state index contributed by atoms with van der Waals surface area (Å²) in [5.74, 6) is -0.420. The molecule has 1 aromatic heterocycles. The van der Waals surface area contributed by atoms with Crippen molar-refractivity contribution in [3.63, 3.8) is 0 Å². The van der Waals surface area contributed by atoms with Crippen molar-refractivity contribution in [2.24, 2.45) is 5.92 Å². The average Bonchev–Trinajstić information content (AvgIpc) is 3.22. The van der Waals surface area contributed by atoms with Crippen LogP contribution in [-0.2, 0) is 14.8 Å². The number of hydrogen-bond donors (Lipinski definition) is 1. The van der Waals surface area contributed by atoms with Crippen molar-refractivity contribution in [1.29, 1.82) is 0 Å². The molecule has 37 heavy (non-hydrogen) atoms. The minimum Gasteiger partial charge on any atom is -0.355 e. The maximum absolute atomic E-state index is 13.7. The summed E-state index contributed by atoms with van der Waals surface area (Å²) in [7, 11) is -3.92. The Labute approximate surface area is 219 Å². The van der Waals surface area contributed by atoms with E-state index in [1.165, 1.54) is 9.87 Å². The minimum absolute atomic E-state index is 0.0568. The fourth-order valence-electron chi connectivity index (χ4n) is 4.98. The lowest BCUT2D eigenvalue weighted by Crippen LogP contribution is -2.43. The highest BCUT2D eigenvalue weighted by Gasteiger charge is 2.37. The maximum Gasteiger partial charge on any atom is 0.248 e. The van der Waals surface area contributed by atoms with Gasteiger partial charge in [-0.15, -0.1) is 0 Å². The van der Waals surface area contributed by atoms with Crippen LogP contribution < -0.4 is 5.32 Å². The first kappa shape index (κ1) is 26.8. The molecule has 2 aromatic carbocycles. The summed E-state index contributed by atoms with van der Waals surface area (Å²) in [6.45, 7) is 12.2. The Hall–Kier alpha value is -3.23. The number of anilines is 1. The number of aryl methyl sites for hydroxylation is 6. The van der Waals surface area contributed by atoms with Crippen LogP contribution >= 0.6 is 0 Å². The summed E-state index contributed by atoms with van der Waals surface area (Å²) in [4.78, 5) is 13.1. The van der Waals surface area contributed by atoms with E-state index < -0.39 is 15.9 Å². The summed E-state index contributed by atoms with van der Waals surface area (Å²) < 4.78 is 34.3. The topological polar surface area (TPSA) is 92.5 Å². The van der Waals surface area contributed by atoms with E-state index in [4.69, 9.17) is 4.52 Å². The standard InChI is InChI=1S/C29H35N3O4S/c1-18-14-21(4)26(22(5)15-18)11-12-27-28(23(6)31-36-27)37(34,35)32-13-7-8-24(17-32)29(33)30-25-10-9-19(2)20(3)16-25/h9-12,14-16,24H,7-8,13,17H2,1-6H3,(H,30,33). The molecular formula is C29H35N3O4S. The zero-order valence-electron chi connectivity index (χ0n) is 22.4. The Morgan fingerprint density at radius 1 is 1.00 bits per heavy atom. The number of benzene rings is 2. The van der Waals surface area contributed by atoms with E-state index in [1.807, 2.05) is 58.9 Å². The van der Waals surface area contributed by atoms with Gasteiger partial charge in [-0.2, -0.15) is 4.31 Å². The van der Waals surface area contributed by atoms with Crippen LogP contribution in [0.5, 0.6) is 0 Å². The van der Waals surface area contributed by atoms with E-state index in [2.05, 4.69) is 22.6 Å². The van der Waals surface area contributed by atoms with E-state index in [-0.39, 0.29) is 23.1 Å². The Balaban J connectivity index is 1.56. The molecule has 1 amide bonds. The third-order valence-electron chi connectivity index (χ3n) is 7.10. The molecule has 1 saturated heterocycles. The molecule has 1 N–H and O–H groups in total. The molecule has 2 heterocycles. The Kier molecular flexibility index (Phi) is 7.71. The molecule has 1 unspecified atom stereocenters. The van der Waals surface area contributed by atoms with E-state index in [1.54, 1.807) is 13.0 Å². The summed E-state index contributed by atoms with van der Waals surface area (Å²) in [5.41, 5.74) is 7.65. The van der Waals surface area contributed by atoms with Crippen LogP contribution in [0.15, 0.2) is 39.8 Å². The predicted molar refractivity (Wildman–Crippen MR) is 147 cm³/mol. The fourth-order valence-corrected chi connectivity index (χ4v) is 6.75. The molecule has 4 rings (SSSR count). The van der Waals surface area contributed by atoms with Gasteiger partial charge < -0.3 is 9.84 Å². The SMILES string of the molecule is Cc1cc(C)c(C=Cc2onc(C)c2S(=O)(=O)N2CCCC(C(=O)Nc3ccc(C)c(C)c3)C2)c(C)c1. The van der Waals surface area contributed by atoms with Gasteiger partial charge in [0.15, 0.2) is 10.7 Å². The maximum atomic E-state index is 13.7. The van der Waals surface area contributed by atoms with Gasteiger partial charge in [0.05, 0.1) is 5.92 Å². The van der Waals surface area contributed by atoms with E-state index >= 15 is 0 Å². The second-order valence-corrected chi connectivity index (χ2v) is 12.0. The molecule has 0 radical (unpaired) electrons. The third-order valence-corrected chi connectivity index (χ3v) is 9.12. The number of rotatable bonds is 6. The van der Waals surface area contributed by atoms with Crippen molar-refractivity contribution in [2.45, 2.75) is 59.3 Å². The molecule has 0 aliphatic carbocycles. The van der Waals surface area contributed by atoms with Gasteiger partial charge in [-0.05, 0) is 100 Å². The highest BCUT2D eigenvalue weighted by atomic mass is 32.2. The highest BCUT2D eigenvalue weighted by molar-refractivity contribution is 7.89. The lowest BCUT2D eigenvalue weighted by molar-refractivity contribution is -0.120. The summed E-state index contributed by atoms with van der Waals surface area (Å²) in [5, 5.41) is 6.92. The summed E-state index contributed by atoms with van der Waals surface area (Å²) in [6.07, 6.45) is 4.77. The quantitative estimate of drug-likeness (QED) is 0.447. The van der Waals surface area contributed by atoms with E-state index in [9.17, 15) is 13.2 Å². The van der Waals surface area contributed by atoms with Crippen LogP contribution in [0.3, 0.4) is 0 Å². The first-order chi connectivity index (χ1) is 17.5. The fraction of sp³-hybridized carbons (Fsp3) is 0.379. The number of carbonyl (C=O) groups excluding carboxylic acids is 1. The highest BCUT2D eigenvalue weighted by Crippen LogP contribution is 2.30. The number of piperidine rings is 1. The molecule has 8 heteroatoms. The van der Waals surface area contributed by atoms with Gasteiger partial charge in [0, 0.05) is 18.8 Å². The third kappa shape index (κ3) is 5.70. The second kappa shape index (κ2) is 10.6. The van der Waals surface area contributed by atoms with Crippen LogP contribution in [0.4, 0.5) is 5.69 Å². The summed E-state index contributed by atoms with van der Waals surface area (Å²) in [6, 6.07) is 9.95. The number of hydrogen-bond acceptors (Lipinski definition) is 5. The van der Waals surface area contributed by atoms with Crippen molar-refractivity contribution >= 4 is 33.8 Å². The molecule has 1 fully saturated rings. The monoisotopic (exact) mass is 521 g/mol. The molecule has 0 bridgehead atoms. The molecule has 1 aliphatic heterocycles. The van der Waals surface area contributed by atoms with Gasteiger partial charge in [0.2, 0.25) is 15.9 Å². The normalized spacial score (nSPS) is 16.9. The lowest BCUT2D eigenvalue weighted by atomic mass is 9.98. The molecular weight excluding hydrogens is 486 g/mol. The minimum atomic E-state index is -3.92.